The molecule has 1 aromatic carbocycles. The second-order valence-electron chi connectivity index (χ2n) is 5.43. The summed E-state index contributed by atoms with van der Waals surface area (Å²) in [6.07, 6.45) is 4.30. The van der Waals surface area contributed by atoms with Gasteiger partial charge in [-0.15, -0.1) is 0 Å². The van der Waals surface area contributed by atoms with Crippen LogP contribution in [0.1, 0.15) is 18.1 Å². The molecule has 0 radical (unpaired) electrons. The second kappa shape index (κ2) is 5.81. The van der Waals surface area contributed by atoms with Gasteiger partial charge in [0, 0.05) is 29.7 Å². The number of rotatable bonds is 5. The molecule has 0 aliphatic rings. The lowest BCUT2D eigenvalue weighted by Gasteiger charge is -2.04. The number of nitrogens with zero attached hydrogens (tertiary/aromatic N) is 1. The first kappa shape index (κ1) is 13.4. The Morgan fingerprint density at radius 1 is 1.25 bits per heavy atom. The Morgan fingerprint density at radius 3 is 2.85 bits per heavy atom. The van der Waals surface area contributed by atoms with Crippen LogP contribution >= 0.6 is 11.3 Å². The topological polar surface area (TPSA) is 30.9 Å². The van der Waals surface area contributed by atoms with E-state index >= 15 is 0 Å². The van der Waals surface area contributed by atoms with E-state index in [2.05, 4.69) is 58.8 Å². The Bertz CT molecular complexity index is 680. The standard InChI is InChI=1S/C17H20N2S/c1-13(18)10-15-11-19(8-6-14-7-9-20-12-14)17-5-3-2-4-16(15)17/h2-5,7,9,11-13H,6,8,10,18H2,1H3. The summed E-state index contributed by atoms with van der Waals surface area (Å²) in [5, 5.41) is 5.72. The summed E-state index contributed by atoms with van der Waals surface area (Å²) >= 11 is 1.77. The number of thiophene rings is 1. The molecule has 3 rings (SSSR count). The van der Waals surface area contributed by atoms with Crippen molar-refractivity contribution < 1.29 is 0 Å². The molecule has 1 atom stereocenters. The van der Waals surface area contributed by atoms with Crippen molar-refractivity contribution in [3.05, 3.63) is 58.4 Å². The van der Waals surface area contributed by atoms with Gasteiger partial charge in [0.1, 0.15) is 0 Å². The quantitative estimate of drug-likeness (QED) is 0.758. The van der Waals surface area contributed by atoms with E-state index in [1.165, 1.54) is 22.0 Å². The zero-order valence-corrected chi connectivity index (χ0v) is 12.6. The van der Waals surface area contributed by atoms with E-state index in [4.69, 9.17) is 5.73 Å². The summed E-state index contributed by atoms with van der Waals surface area (Å²) in [5.41, 5.74) is 10.1. The number of fused-ring (bicyclic) bond motifs is 1. The van der Waals surface area contributed by atoms with Crippen molar-refractivity contribution in [1.82, 2.24) is 4.57 Å². The van der Waals surface area contributed by atoms with Crippen molar-refractivity contribution in [2.24, 2.45) is 5.73 Å². The fourth-order valence-corrected chi connectivity index (χ4v) is 3.40. The minimum Gasteiger partial charge on any atom is -0.347 e. The molecule has 0 saturated heterocycles. The van der Waals surface area contributed by atoms with Gasteiger partial charge in [0.15, 0.2) is 0 Å². The molecule has 3 aromatic rings. The summed E-state index contributed by atoms with van der Waals surface area (Å²) in [4.78, 5) is 0. The Morgan fingerprint density at radius 2 is 2.10 bits per heavy atom. The summed E-state index contributed by atoms with van der Waals surface area (Å²) < 4.78 is 2.37. The van der Waals surface area contributed by atoms with Crippen LogP contribution in [-0.4, -0.2) is 10.6 Å². The maximum Gasteiger partial charge on any atom is 0.0483 e. The molecule has 2 N–H and O–H groups in total. The fourth-order valence-electron chi connectivity index (χ4n) is 2.70. The molecular weight excluding hydrogens is 264 g/mol. The van der Waals surface area contributed by atoms with Crippen molar-refractivity contribution in [2.75, 3.05) is 0 Å². The summed E-state index contributed by atoms with van der Waals surface area (Å²) in [7, 11) is 0. The number of aromatic nitrogens is 1. The zero-order valence-electron chi connectivity index (χ0n) is 11.8. The molecule has 20 heavy (non-hydrogen) atoms. The molecular formula is C17H20N2S. The average Bonchev–Trinajstić information content (AvgIpc) is 3.05. The largest absolute Gasteiger partial charge is 0.347 e. The van der Waals surface area contributed by atoms with Gasteiger partial charge in [0.2, 0.25) is 0 Å². The van der Waals surface area contributed by atoms with Crippen LogP contribution in [0.5, 0.6) is 0 Å². The minimum atomic E-state index is 0.200. The highest BCUT2D eigenvalue weighted by Crippen LogP contribution is 2.23. The highest BCUT2D eigenvalue weighted by atomic mass is 32.1. The van der Waals surface area contributed by atoms with E-state index in [1.54, 1.807) is 11.3 Å². The Labute approximate surface area is 123 Å². The lowest BCUT2D eigenvalue weighted by Crippen LogP contribution is -2.17. The predicted molar refractivity (Wildman–Crippen MR) is 87.3 cm³/mol. The van der Waals surface area contributed by atoms with Gasteiger partial charge in [-0.05, 0) is 53.8 Å². The molecule has 0 aliphatic carbocycles. The van der Waals surface area contributed by atoms with Crippen molar-refractivity contribution in [3.8, 4) is 0 Å². The first-order valence-corrected chi connectivity index (χ1v) is 8.01. The first-order valence-electron chi connectivity index (χ1n) is 7.07. The van der Waals surface area contributed by atoms with Gasteiger partial charge in [-0.3, -0.25) is 0 Å². The van der Waals surface area contributed by atoms with E-state index in [0.717, 1.165) is 19.4 Å². The third kappa shape index (κ3) is 2.79. The Balaban J connectivity index is 1.90. The van der Waals surface area contributed by atoms with Gasteiger partial charge in [0.25, 0.3) is 0 Å². The van der Waals surface area contributed by atoms with Crippen LogP contribution in [0.25, 0.3) is 10.9 Å². The normalized spacial score (nSPS) is 12.9. The van der Waals surface area contributed by atoms with Crippen molar-refractivity contribution in [1.29, 1.82) is 0 Å². The van der Waals surface area contributed by atoms with Crippen molar-refractivity contribution >= 4 is 22.2 Å². The van der Waals surface area contributed by atoms with Gasteiger partial charge in [0.05, 0.1) is 0 Å². The maximum absolute atomic E-state index is 5.97. The van der Waals surface area contributed by atoms with Crippen LogP contribution in [0.15, 0.2) is 47.3 Å². The molecule has 2 aromatic heterocycles. The van der Waals surface area contributed by atoms with Gasteiger partial charge in [-0.2, -0.15) is 11.3 Å². The second-order valence-corrected chi connectivity index (χ2v) is 6.21. The average molecular weight is 284 g/mol. The van der Waals surface area contributed by atoms with Crippen LogP contribution < -0.4 is 5.73 Å². The highest BCUT2D eigenvalue weighted by Gasteiger charge is 2.09. The van der Waals surface area contributed by atoms with E-state index < -0.39 is 0 Å². The van der Waals surface area contributed by atoms with Gasteiger partial charge in [-0.1, -0.05) is 18.2 Å². The first-order chi connectivity index (χ1) is 9.74. The SMILES string of the molecule is CC(N)Cc1cn(CCc2ccsc2)c2ccccc12. The molecule has 2 nitrogen and oxygen atoms in total. The molecule has 0 fully saturated rings. The van der Waals surface area contributed by atoms with Gasteiger partial charge < -0.3 is 10.3 Å². The Hall–Kier alpha value is -1.58. The number of para-hydroxylation sites is 1. The molecule has 0 bridgehead atoms. The van der Waals surface area contributed by atoms with Crippen LogP contribution in [0.4, 0.5) is 0 Å². The molecule has 0 saturated carbocycles. The van der Waals surface area contributed by atoms with Crippen LogP contribution in [0.3, 0.4) is 0 Å². The van der Waals surface area contributed by atoms with E-state index in [1.807, 2.05) is 0 Å². The number of benzene rings is 1. The van der Waals surface area contributed by atoms with Crippen LogP contribution in [0, 0.1) is 0 Å². The maximum atomic E-state index is 5.97. The van der Waals surface area contributed by atoms with Crippen molar-refractivity contribution in [2.45, 2.75) is 32.4 Å². The van der Waals surface area contributed by atoms with Crippen molar-refractivity contribution in [3.63, 3.8) is 0 Å². The molecule has 3 heteroatoms. The minimum absolute atomic E-state index is 0.200. The van der Waals surface area contributed by atoms with E-state index in [9.17, 15) is 0 Å². The summed E-state index contributed by atoms with van der Waals surface area (Å²) in [6, 6.07) is 11.0. The lowest BCUT2D eigenvalue weighted by atomic mass is 10.1. The molecule has 0 spiro atoms. The molecule has 0 amide bonds. The van der Waals surface area contributed by atoms with E-state index in [-0.39, 0.29) is 6.04 Å². The smallest absolute Gasteiger partial charge is 0.0483 e. The zero-order chi connectivity index (χ0) is 13.9. The third-order valence-corrected chi connectivity index (χ3v) is 4.37. The number of hydrogen-bond acceptors (Lipinski definition) is 2. The molecule has 104 valence electrons. The number of aryl methyl sites for hydroxylation is 2. The molecule has 2 heterocycles. The number of hydrogen-bond donors (Lipinski definition) is 1. The fraction of sp³-hybridized carbons (Fsp3) is 0.294. The monoisotopic (exact) mass is 284 g/mol. The lowest BCUT2D eigenvalue weighted by molar-refractivity contribution is 0.707. The number of nitrogens with two attached hydrogens (primary N) is 1. The Kier molecular flexibility index (Phi) is 3.90. The molecule has 1 unspecified atom stereocenters. The van der Waals surface area contributed by atoms with Gasteiger partial charge >= 0.3 is 0 Å². The predicted octanol–water partition coefficient (Wildman–Crippen LogP) is 3.84. The van der Waals surface area contributed by atoms with Gasteiger partial charge in [-0.25, -0.2) is 0 Å². The molecule has 0 aliphatic heterocycles. The third-order valence-electron chi connectivity index (χ3n) is 3.63. The van der Waals surface area contributed by atoms with E-state index in [0.29, 0.717) is 0 Å². The van der Waals surface area contributed by atoms with Crippen LogP contribution in [0.2, 0.25) is 0 Å². The highest BCUT2D eigenvalue weighted by molar-refractivity contribution is 7.07. The summed E-state index contributed by atoms with van der Waals surface area (Å²) in [5.74, 6) is 0. The van der Waals surface area contributed by atoms with Crippen LogP contribution in [-0.2, 0) is 19.4 Å². The summed E-state index contributed by atoms with van der Waals surface area (Å²) in [6.45, 7) is 3.09.